The Bertz CT molecular complexity index is 462. The van der Waals surface area contributed by atoms with Crippen molar-refractivity contribution >= 4 is 10.9 Å². The van der Waals surface area contributed by atoms with Crippen molar-refractivity contribution in [3.05, 3.63) is 29.7 Å². The van der Waals surface area contributed by atoms with E-state index in [4.69, 9.17) is 4.74 Å². The minimum atomic E-state index is -0.192. The highest BCUT2D eigenvalue weighted by molar-refractivity contribution is 5.88. The van der Waals surface area contributed by atoms with Crippen molar-refractivity contribution < 1.29 is 9.13 Å². The number of H-pyrrole nitrogens is 1. The van der Waals surface area contributed by atoms with Crippen LogP contribution in [-0.2, 0) is 0 Å². The van der Waals surface area contributed by atoms with Crippen LogP contribution in [0.5, 0.6) is 5.75 Å². The molecule has 0 fully saturated rings. The van der Waals surface area contributed by atoms with Gasteiger partial charge in [-0.15, -0.1) is 0 Å². The second kappa shape index (κ2) is 3.33. The van der Waals surface area contributed by atoms with E-state index in [1.54, 1.807) is 19.2 Å². The van der Waals surface area contributed by atoms with Crippen LogP contribution >= 0.6 is 0 Å². The van der Waals surface area contributed by atoms with Crippen molar-refractivity contribution in [1.29, 1.82) is 0 Å². The van der Waals surface area contributed by atoms with Crippen LogP contribution in [0.25, 0.3) is 10.9 Å². The molecule has 2 nitrogen and oxygen atoms in total. The van der Waals surface area contributed by atoms with Crippen LogP contribution in [0.3, 0.4) is 0 Å². The zero-order valence-electron chi connectivity index (χ0n) is 8.23. The molecule has 0 unspecified atom stereocenters. The molecule has 0 aliphatic heterocycles. The molecule has 2 aromatic rings. The molecule has 14 heavy (non-hydrogen) atoms. The van der Waals surface area contributed by atoms with Crippen molar-refractivity contribution in [1.82, 2.24) is 4.98 Å². The van der Waals surface area contributed by atoms with E-state index in [2.05, 4.69) is 4.98 Å². The first-order valence-electron chi connectivity index (χ1n) is 4.63. The highest BCUT2D eigenvalue weighted by Gasteiger charge is 2.08. The van der Waals surface area contributed by atoms with Crippen LogP contribution < -0.4 is 4.74 Å². The monoisotopic (exact) mass is 193 g/mol. The van der Waals surface area contributed by atoms with Crippen molar-refractivity contribution in [2.24, 2.45) is 0 Å². The quantitative estimate of drug-likeness (QED) is 0.779. The Morgan fingerprint density at radius 3 is 2.93 bits per heavy atom. The predicted octanol–water partition coefficient (Wildman–Crippen LogP) is 3.01. The summed E-state index contributed by atoms with van der Waals surface area (Å²) in [5.74, 6) is 0.591. The van der Waals surface area contributed by atoms with Gasteiger partial charge in [0.1, 0.15) is 11.6 Å². The Hall–Kier alpha value is -1.51. The topological polar surface area (TPSA) is 25.0 Å². The van der Waals surface area contributed by atoms with Gasteiger partial charge in [0, 0.05) is 17.1 Å². The SMILES string of the molecule is CCOc1c[nH]c2c(C)c(F)ccc12. The Morgan fingerprint density at radius 2 is 2.21 bits per heavy atom. The summed E-state index contributed by atoms with van der Waals surface area (Å²) in [5.41, 5.74) is 1.45. The Kier molecular flexibility index (Phi) is 2.15. The third-order valence-corrected chi connectivity index (χ3v) is 2.31. The van der Waals surface area contributed by atoms with Gasteiger partial charge in [-0.2, -0.15) is 0 Å². The normalized spacial score (nSPS) is 10.8. The number of aromatic amines is 1. The Labute approximate surface area is 81.7 Å². The molecule has 2 rings (SSSR count). The standard InChI is InChI=1S/C11H12FNO/c1-3-14-10-6-13-11-7(2)9(12)5-4-8(10)11/h4-6,13H,3H2,1-2H3. The summed E-state index contributed by atoms with van der Waals surface area (Å²) < 4.78 is 18.6. The van der Waals surface area contributed by atoms with Crippen molar-refractivity contribution in [2.45, 2.75) is 13.8 Å². The van der Waals surface area contributed by atoms with E-state index in [1.807, 2.05) is 6.92 Å². The highest BCUT2D eigenvalue weighted by Crippen LogP contribution is 2.28. The zero-order chi connectivity index (χ0) is 10.1. The number of halogens is 1. The molecule has 1 heterocycles. The van der Waals surface area contributed by atoms with Gasteiger partial charge in [0.25, 0.3) is 0 Å². The summed E-state index contributed by atoms with van der Waals surface area (Å²) in [6, 6.07) is 3.20. The van der Waals surface area contributed by atoms with Crippen molar-refractivity contribution in [2.75, 3.05) is 6.61 Å². The van der Waals surface area contributed by atoms with Gasteiger partial charge in [-0.1, -0.05) is 0 Å². The Morgan fingerprint density at radius 1 is 1.43 bits per heavy atom. The summed E-state index contributed by atoms with van der Waals surface area (Å²) in [6.45, 7) is 4.29. The largest absolute Gasteiger partial charge is 0.492 e. The Balaban J connectivity index is 2.64. The summed E-state index contributed by atoms with van der Waals surface area (Å²) >= 11 is 0. The number of hydrogen-bond donors (Lipinski definition) is 1. The lowest BCUT2D eigenvalue weighted by Crippen LogP contribution is -1.89. The van der Waals surface area contributed by atoms with E-state index in [-0.39, 0.29) is 5.82 Å². The zero-order valence-corrected chi connectivity index (χ0v) is 8.23. The minimum Gasteiger partial charge on any atom is -0.492 e. The first-order chi connectivity index (χ1) is 6.74. The van der Waals surface area contributed by atoms with Crippen LogP contribution in [0.4, 0.5) is 4.39 Å². The van der Waals surface area contributed by atoms with Crippen LogP contribution in [0.1, 0.15) is 12.5 Å². The first kappa shape index (κ1) is 9.06. The van der Waals surface area contributed by atoms with Gasteiger partial charge in [-0.3, -0.25) is 0 Å². The highest BCUT2D eigenvalue weighted by atomic mass is 19.1. The molecule has 1 N–H and O–H groups in total. The number of nitrogens with one attached hydrogen (secondary N) is 1. The lowest BCUT2D eigenvalue weighted by Gasteiger charge is -2.01. The third kappa shape index (κ3) is 1.25. The van der Waals surface area contributed by atoms with Gasteiger partial charge in [0.2, 0.25) is 0 Å². The van der Waals surface area contributed by atoms with Gasteiger partial charge in [0.05, 0.1) is 12.1 Å². The van der Waals surface area contributed by atoms with Crippen LogP contribution in [-0.4, -0.2) is 11.6 Å². The number of rotatable bonds is 2. The molecule has 0 saturated carbocycles. The molecule has 0 spiro atoms. The molecule has 0 bridgehead atoms. The van der Waals surface area contributed by atoms with E-state index in [0.717, 1.165) is 16.7 Å². The van der Waals surface area contributed by atoms with Crippen LogP contribution in [0.2, 0.25) is 0 Å². The van der Waals surface area contributed by atoms with E-state index in [0.29, 0.717) is 12.2 Å². The smallest absolute Gasteiger partial charge is 0.144 e. The number of benzene rings is 1. The fourth-order valence-electron chi connectivity index (χ4n) is 1.57. The lowest BCUT2D eigenvalue weighted by atomic mass is 10.1. The maximum atomic E-state index is 13.2. The van der Waals surface area contributed by atoms with Gasteiger partial charge in [0.15, 0.2) is 0 Å². The van der Waals surface area contributed by atoms with E-state index >= 15 is 0 Å². The summed E-state index contributed by atoms with van der Waals surface area (Å²) in [4.78, 5) is 3.02. The average Bonchev–Trinajstić information content (AvgIpc) is 2.57. The number of hydrogen-bond acceptors (Lipinski definition) is 1. The molecule has 0 radical (unpaired) electrons. The molecular formula is C11H12FNO. The second-order valence-corrected chi connectivity index (χ2v) is 3.18. The second-order valence-electron chi connectivity index (χ2n) is 3.18. The molecule has 74 valence electrons. The molecule has 3 heteroatoms. The van der Waals surface area contributed by atoms with E-state index < -0.39 is 0 Å². The molecule has 1 aromatic carbocycles. The average molecular weight is 193 g/mol. The lowest BCUT2D eigenvalue weighted by molar-refractivity contribution is 0.344. The molecule has 0 amide bonds. The summed E-state index contributed by atoms with van der Waals surface area (Å²) in [6.07, 6.45) is 1.76. The number of aromatic nitrogens is 1. The molecule has 0 atom stereocenters. The minimum absolute atomic E-state index is 0.192. The van der Waals surface area contributed by atoms with Crippen LogP contribution in [0.15, 0.2) is 18.3 Å². The molecule has 0 saturated heterocycles. The predicted molar refractivity (Wildman–Crippen MR) is 54.2 cm³/mol. The number of aryl methyl sites for hydroxylation is 1. The summed E-state index contributed by atoms with van der Waals surface area (Å²) in [5, 5.41) is 0.936. The molecular weight excluding hydrogens is 181 g/mol. The fourth-order valence-corrected chi connectivity index (χ4v) is 1.57. The van der Waals surface area contributed by atoms with Crippen LogP contribution in [0, 0.1) is 12.7 Å². The maximum Gasteiger partial charge on any atom is 0.144 e. The summed E-state index contributed by atoms with van der Waals surface area (Å²) in [7, 11) is 0. The van der Waals surface area contributed by atoms with Crippen molar-refractivity contribution in [3.63, 3.8) is 0 Å². The van der Waals surface area contributed by atoms with Crippen molar-refractivity contribution in [3.8, 4) is 5.75 Å². The molecule has 0 aliphatic rings. The van der Waals surface area contributed by atoms with E-state index in [9.17, 15) is 4.39 Å². The maximum absolute atomic E-state index is 13.2. The third-order valence-electron chi connectivity index (χ3n) is 2.31. The van der Waals surface area contributed by atoms with Gasteiger partial charge in [-0.05, 0) is 26.0 Å². The molecule has 0 aliphatic carbocycles. The van der Waals surface area contributed by atoms with E-state index in [1.165, 1.54) is 6.07 Å². The first-order valence-corrected chi connectivity index (χ1v) is 4.63. The molecule has 1 aromatic heterocycles. The number of ether oxygens (including phenoxy) is 1. The van der Waals surface area contributed by atoms with Gasteiger partial charge in [-0.25, -0.2) is 4.39 Å². The number of fused-ring (bicyclic) bond motifs is 1. The van der Waals surface area contributed by atoms with Gasteiger partial charge < -0.3 is 9.72 Å². The fraction of sp³-hybridized carbons (Fsp3) is 0.273. The van der Waals surface area contributed by atoms with Gasteiger partial charge >= 0.3 is 0 Å².